The summed E-state index contributed by atoms with van der Waals surface area (Å²) in [6, 6.07) is -0.758. The lowest BCUT2D eigenvalue weighted by molar-refractivity contribution is -0.160. The highest BCUT2D eigenvalue weighted by Gasteiger charge is 2.40. The maximum absolute atomic E-state index is 12.9. The Kier molecular flexibility index (Phi) is 10.4. The minimum Gasteiger partial charge on any atom is -0.480 e. The van der Waals surface area contributed by atoms with Gasteiger partial charge in [-0.3, -0.25) is 9.59 Å². The van der Waals surface area contributed by atoms with Crippen LogP contribution in [0.2, 0.25) is 0 Å². The second-order valence-electron chi connectivity index (χ2n) is 7.92. The Balaban J connectivity index is 2.66. The lowest BCUT2D eigenvalue weighted by Gasteiger charge is -2.32. The van der Waals surface area contributed by atoms with E-state index >= 15 is 0 Å². The molecule has 156 valence electrons. The average molecular weight is 384 g/mol. The fourth-order valence-electron chi connectivity index (χ4n) is 4.00. The summed E-state index contributed by atoms with van der Waals surface area (Å²) in [5.41, 5.74) is 0. The molecule has 0 saturated carbocycles. The molecule has 0 aliphatic carbocycles. The van der Waals surface area contributed by atoms with Gasteiger partial charge < -0.3 is 14.7 Å². The molecular formula is C21H37NO5. The van der Waals surface area contributed by atoms with Crippen LogP contribution in [0.1, 0.15) is 85.5 Å². The van der Waals surface area contributed by atoms with Gasteiger partial charge in [-0.25, -0.2) is 4.79 Å². The fraction of sp³-hybridized carbons (Fsp3) is 0.857. The number of carbonyl (C=O) groups is 3. The van der Waals surface area contributed by atoms with Crippen LogP contribution in [0.5, 0.6) is 0 Å². The molecule has 0 bridgehead atoms. The number of rotatable bonds is 12. The SMILES string of the molecule is CCCCCCCC[C@H](C)[C@H](OC(C)=O)[C@H](C)C(=O)N1CCC[C@H]1C(=O)O. The lowest BCUT2D eigenvalue weighted by Crippen LogP contribution is -2.47. The molecule has 1 rings (SSSR count). The van der Waals surface area contributed by atoms with E-state index in [1.54, 1.807) is 6.92 Å². The third-order valence-corrected chi connectivity index (χ3v) is 5.58. The summed E-state index contributed by atoms with van der Waals surface area (Å²) >= 11 is 0. The van der Waals surface area contributed by atoms with Crippen molar-refractivity contribution in [2.45, 2.75) is 97.6 Å². The summed E-state index contributed by atoms with van der Waals surface area (Å²) in [6.45, 7) is 7.78. The third-order valence-electron chi connectivity index (χ3n) is 5.58. The first kappa shape index (κ1) is 23.4. The van der Waals surface area contributed by atoms with Crippen LogP contribution < -0.4 is 0 Å². The van der Waals surface area contributed by atoms with Gasteiger partial charge in [-0.05, 0) is 25.2 Å². The standard InChI is InChI=1S/C21H37NO5/c1-5-6-7-8-9-10-12-15(2)19(27-17(4)23)16(3)20(24)22-14-11-13-18(22)21(25)26/h15-16,18-19H,5-14H2,1-4H3,(H,25,26)/t15-,16-,18-,19-/m0/s1. The molecule has 0 aromatic rings. The number of carboxylic acids is 1. The number of nitrogens with zero attached hydrogens (tertiary/aromatic N) is 1. The maximum Gasteiger partial charge on any atom is 0.326 e. The van der Waals surface area contributed by atoms with Gasteiger partial charge in [0.05, 0.1) is 5.92 Å². The van der Waals surface area contributed by atoms with E-state index in [1.807, 2.05) is 6.92 Å². The summed E-state index contributed by atoms with van der Waals surface area (Å²) in [4.78, 5) is 37.3. The quantitative estimate of drug-likeness (QED) is 0.406. The highest BCUT2D eigenvalue weighted by Crippen LogP contribution is 2.27. The van der Waals surface area contributed by atoms with E-state index in [9.17, 15) is 19.5 Å². The van der Waals surface area contributed by atoms with Gasteiger partial charge in [0.25, 0.3) is 0 Å². The van der Waals surface area contributed by atoms with Crippen LogP contribution in [0.25, 0.3) is 0 Å². The fourth-order valence-corrected chi connectivity index (χ4v) is 4.00. The van der Waals surface area contributed by atoms with Gasteiger partial charge in [0.15, 0.2) is 0 Å². The Labute approximate surface area is 163 Å². The van der Waals surface area contributed by atoms with Crippen molar-refractivity contribution in [2.24, 2.45) is 11.8 Å². The number of ether oxygens (including phenoxy) is 1. The van der Waals surface area contributed by atoms with Crippen molar-refractivity contribution in [3.63, 3.8) is 0 Å². The number of aliphatic carboxylic acids is 1. The number of amides is 1. The second-order valence-corrected chi connectivity index (χ2v) is 7.92. The first-order chi connectivity index (χ1) is 12.8. The summed E-state index contributed by atoms with van der Waals surface area (Å²) in [5, 5.41) is 9.33. The van der Waals surface area contributed by atoms with Gasteiger partial charge in [0.1, 0.15) is 12.1 Å². The van der Waals surface area contributed by atoms with Gasteiger partial charge in [-0.15, -0.1) is 0 Å². The molecule has 1 aliphatic rings. The molecular weight excluding hydrogens is 346 g/mol. The molecule has 0 radical (unpaired) electrons. The molecule has 27 heavy (non-hydrogen) atoms. The number of esters is 1. The minimum atomic E-state index is -0.961. The second kappa shape index (κ2) is 12.0. The summed E-state index contributed by atoms with van der Waals surface area (Å²) in [7, 11) is 0. The summed E-state index contributed by atoms with van der Waals surface area (Å²) in [5.74, 6) is -2.06. The van der Waals surface area contributed by atoms with Gasteiger partial charge in [-0.1, -0.05) is 59.3 Å². The van der Waals surface area contributed by atoms with Crippen molar-refractivity contribution in [1.82, 2.24) is 4.90 Å². The first-order valence-corrected chi connectivity index (χ1v) is 10.5. The van der Waals surface area contributed by atoms with E-state index in [0.29, 0.717) is 19.4 Å². The lowest BCUT2D eigenvalue weighted by atomic mass is 9.88. The zero-order valence-electron chi connectivity index (χ0n) is 17.4. The highest BCUT2D eigenvalue weighted by molar-refractivity contribution is 5.86. The minimum absolute atomic E-state index is 0.0601. The molecule has 1 aliphatic heterocycles. The third kappa shape index (κ3) is 7.51. The van der Waals surface area contributed by atoms with Crippen LogP contribution in [0.4, 0.5) is 0 Å². The van der Waals surface area contributed by atoms with E-state index in [4.69, 9.17) is 4.74 Å². The van der Waals surface area contributed by atoms with Crippen molar-refractivity contribution in [3.8, 4) is 0 Å². The first-order valence-electron chi connectivity index (χ1n) is 10.5. The number of hydrogen-bond acceptors (Lipinski definition) is 4. The molecule has 6 nitrogen and oxygen atoms in total. The van der Waals surface area contributed by atoms with Crippen molar-refractivity contribution in [1.29, 1.82) is 0 Å². The van der Waals surface area contributed by atoms with Crippen molar-refractivity contribution >= 4 is 17.8 Å². The molecule has 0 aromatic heterocycles. The van der Waals surface area contributed by atoms with Gasteiger partial charge in [0, 0.05) is 13.5 Å². The Morgan fingerprint density at radius 3 is 2.33 bits per heavy atom. The normalized spacial score (nSPS) is 20.1. The van der Waals surface area contributed by atoms with Gasteiger partial charge in [-0.2, -0.15) is 0 Å². The van der Waals surface area contributed by atoms with E-state index in [0.717, 1.165) is 19.3 Å². The molecule has 6 heteroatoms. The zero-order valence-corrected chi connectivity index (χ0v) is 17.4. The van der Waals surface area contributed by atoms with Gasteiger partial charge in [0.2, 0.25) is 5.91 Å². The highest BCUT2D eigenvalue weighted by atomic mass is 16.5. The summed E-state index contributed by atoms with van der Waals surface area (Å²) in [6.07, 6.45) is 8.69. The average Bonchev–Trinajstić information content (AvgIpc) is 3.11. The molecule has 1 N–H and O–H groups in total. The van der Waals surface area contributed by atoms with E-state index in [-0.39, 0.29) is 11.8 Å². The number of unbranched alkanes of at least 4 members (excludes halogenated alkanes) is 5. The predicted octanol–water partition coefficient (Wildman–Crippen LogP) is 4.02. The Hall–Kier alpha value is -1.59. The number of hydrogen-bond donors (Lipinski definition) is 1. The Morgan fingerprint density at radius 2 is 1.74 bits per heavy atom. The van der Waals surface area contributed by atoms with Crippen molar-refractivity contribution in [2.75, 3.05) is 6.54 Å². The smallest absolute Gasteiger partial charge is 0.326 e. The number of carboxylic acid groups (broad SMARTS) is 1. The van der Waals surface area contributed by atoms with E-state index in [1.165, 1.54) is 37.5 Å². The molecule has 0 aromatic carbocycles. The Bertz CT molecular complexity index is 493. The summed E-state index contributed by atoms with van der Waals surface area (Å²) < 4.78 is 5.51. The molecule has 4 atom stereocenters. The van der Waals surface area contributed by atoms with Crippen LogP contribution in [-0.4, -0.2) is 46.5 Å². The van der Waals surface area contributed by atoms with Crippen LogP contribution in [0.3, 0.4) is 0 Å². The maximum atomic E-state index is 12.9. The predicted molar refractivity (Wildman–Crippen MR) is 104 cm³/mol. The molecule has 1 amide bonds. The monoisotopic (exact) mass is 383 g/mol. The topological polar surface area (TPSA) is 83.9 Å². The molecule has 0 spiro atoms. The van der Waals surface area contributed by atoms with Crippen LogP contribution in [0, 0.1) is 11.8 Å². The van der Waals surface area contributed by atoms with Gasteiger partial charge >= 0.3 is 11.9 Å². The zero-order chi connectivity index (χ0) is 20.4. The largest absolute Gasteiger partial charge is 0.480 e. The molecule has 1 saturated heterocycles. The molecule has 0 unspecified atom stereocenters. The van der Waals surface area contributed by atoms with Crippen LogP contribution in [0.15, 0.2) is 0 Å². The van der Waals surface area contributed by atoms with Crippen LogP contribution in [-0.2, 0) is 19.1 Å². The van der Waals surface area contributed by atoms with E-state index in [2.05, 4.69) is 6.92 Å². The molecule has 1 fully saturated rings. The van der Waals surface area contributed by atoms with Crippen molar-refractivity contribution in [3.05, 3.63) is 0 Å². The molecule has 1 heterocycles. The number of carbonyl (C=O) groups excluding carboxylic acids is 2. The van der Waals surface area contributed by atoms with E-state index < -0.39 is 30.0 Å². The van der Waals surface area contributed by atoms with Crippen LogP contribution >= 0.6 is 0 Å². The van der Waals surface area contributed by atoms with Crippen molar-refractivity contribution < 1.29 is 24.2 Å². The number of likely N-dealkylation sites (tertiary alicyclic amines) is 1. The Morgan fingerprint density at radius 1 is 1.11 bits per heavy atom.